The van der Waals surface area contributed by atoms with Crippen molar-refractivity contribution in [2.45, 2.75) is 45.3 Å². The molecule has 0 radical (unpaired) electrons. The maximum atomic E-state index is 11.8. The van der Waals surface area contributed by atoms with E-state index in [1.807, 2.05) is 32.9 Å². The van der Waals surface area contributed by atoms with Crippen LogP contribution < -0.4 is 10.2 Å². The molecule has 0 aliphatic carbocycles. The molecule has 128 valence electrons. The van der Waals surface area contributed by atoms with Crippen molar-refractivity contribution >= 4 is 17.5 Å². The molecule has 0 aromatic heterocycles. The summed E-state index contributed by atoms with van der Waals surface area (Å²) >= 11 is 0. The Balaban J connectivity index is 1.89. The Hall–Kier alpha value is -1.75. The molecule has 1 N–H and O–H groups in total. The summed E-state index contributed by atoms with van der Waals surface area (Å²) in [7, 11) is 4.30. The molecule has 2 rings (SSSR count). The predicted molar refractivity (Wildman–Crippen MR) is 95.2 cm³/mol. The first-order valence-corrected chi connectivity index (χ1v) is 8.26. The summed E-state index contributed by atoms with van der Waals surface area (Å²) < 4.78 is 5.26. The largest absolute Gasteiger partial charge is 0.444 e. The zero-order chi connectivity index (χ0) is 17.0. The van der Waals surface area contributed by atoms with Crippen LogP contribution in [0.5, 0.6) is 0 Å². The second-order valence-electron chi connectivity index (χ2n) is 7.36. The van der Waals surface area contributed by atoms with Crippen LogP contribution in [-0.2, 0) is 4.74 Å². The molecule has 0 atom stereocenters. The number of benzene rings is 1. The summed E-state index contributed by atoms with van der Waals surface area (Å²) in [4.78, 5) is 16.5. The highest BCUT2D eigenvalue weighted by Crippen LogP contribution is 2.23. The van der Waals surface area contributed by atoms with Crippen LogP contribution in [0.15, 0.2) is 24.3 Å². The fourth-order valence-electron chi connectivity index (χ4n) is 2.82. The van der Waals surface area contributed by atoms with Crippen LogP contribution in [-0.4, -0.2) is 49.8 Å². The number of carbonyl (C=O) groups excluding carboxylic acids is 1. The van der Waals surface area contributed by atoms with Crippen molar-refractivity contribution in [2.75, 3.05) is 37.4 Å². The second kappa shape index (κ2) is 7.21. The Kier molecular flexibility index (Phi) is 5.52. The SMILES string of the molecule is CN(C)C1CCN(c2ccc(NC(=O)OC(C)(C)C)cc2)CC1. The van der Waals surface area contributed by atoms with Crippen molar-refractivity contribution in [1.82, 2.24) is 4.90 Å². The number of nitrogens with zero attached hydrogens (tertiary/aromatic N) is 2. The van der Waals surface area contributed by atoms with Gasteiger partial charge in [0.2, 0.25) is 0 Å². The molecule has 1 amide bonds. The lowest BCUT2D eigenvalue weighted by Gasteiger charge is -2.36. The molecular weight excluding hydrogens is 290 g/mol. The quantitative estimate of drug-likeness (QED) is 0.925. The minimum Gasteiger partial charge on any atom is -0.444 e. The normalized spacial score (nSPS) is 16.5. The number of carbonyl (C=O) groups is 1. The maximum absolute atomic E-state index is 11.8. The van der Waals surface area contributed by atoms with Gasteiger partial charge in [0.05, 0.1) is 0 Å². The van der Waals surface area contributed by atoms with Crippen molar-refractivity contribution in [3.05, 3.63) is 24.3 Å². The third-order valence-corrected chi connectivity index (χ3v) is 4.07. The molecule has 0 spiro atoms. The van der Waals surface area contributed by atoms with Crippen molar-refractivity contribution in [3.63, 3.8) is 0 Å². The first-order chi connectivity index (χ1) is 10.7. The molecule has 0 unspecified atom stereocenters. The highest BCUT2D eigenvalue weighted by molar-refractivity contribution is 5.85. The highest BCUT2D eigenvalue weighted by Gasteiger charge is 2.21. The van der Waals surface area contributed by atoms with Crippen molar-refractivity contribution in [2.24, 2.45) is 0 Å². The van der Waals surface area contributed by atoms with E-state index in [4.69, 9.17) is 4.74 Å². The minimum absolute atomic E-state index is 0.419. The highest BCUT2D eigenvalue weighted by atomic mass is 16.6. The lowest BCUT2D eigenvalue weighted by molar-refractivity contribution is 0.0636. The van der Waals surface area contributed by atoms with E-state index in [2.05, 4.69) is 41.3 Å². The van der Waals surface area contributed by atoms with E-state index < -0.39 is 11.7 Å². The summed E-state index contributed by atoms with van der Waals surface area (Å²) in [5, 5.41) is 2.76. The van der Waals surface area contributed by atoms with Crippen LogP contribution in [0.1, 0.15) is 33.6 Å². The number of amides is 1. The lowest BCUT2D eigenvalue weighted by atomic mass is 10.0. The van der Waals surface area contributed by atoms with Crippen LogP contribution in [0.2, 0.25) is 0 Å². The monoisotopic (exact) mass is 319 g/mol. The maximum Gasteiger partial charge on any atom is 0.412 e. The molecule has 1 saturated heterocycles. The number of ether oxygens (including phenoxy) is 1. The number of nitrogens with one attached hydrogen (secondary N) is 1. The van der Waals surface area contributed by atoms with E-state index in [1.54, 1.807) is 0 Å². The van der Waals surface area contributed by atoms with E-state index >= 15 is 0 Å². The molecule has 5 nitrogen and oxygen atoms in total. The van der Waals surface area contributed by atoms with E-state index in [0.717, 1.165) is 18.8 Å². The van der Waals surface area contributed by atoms with Gasteiger partial charge in [-0.2, -0.15) is 0 Å². The molecule has 1 aliphatic heterocycles. The number of rotatable bonds is 3. The molecular formula is C18H29N3O2. The molecule has 1 heterocycles. The average Bonchev–Trinajstić information content (AvgIpc) is 2.46. The number of hydrogen-bond donors (Lipinski definition) is 1. The van der Waals surface area contributed by atoms with Gasteiger partial charge in [0.1, 0.15) is 5.60 Å². The van der Waals surface area contributed by atoms with Crippen molar-refractivity contribution in [1.29, 1.82) is 0 Å². The summed E-state index contributed by atoms with van der Waals surface area (Å²) in [5.74, 6) is 0. The smallest absolute Gasteiger partial charge is 0.412 e. The van der Waals surface area contributed by atoms with Gasteiger partial charge >= 0.3 is 6.09 Å². The first-order valence-electron chi connectivity index (χ1n) is 8.26. The molecule has 0 saturated carbocycles. The van der Waals surface area contributed by atoms with Gasteiger partial charge in [-0.3, -0.25) is 5.32 Å². The fourth-order valence-corrected chi connectivity index (χ4v) is 2.82. The molecule has 0 bridgehead atoms. The van der Waals surface area contributed by atoms with E-state index in [9.17, 15) is 4.79 Å². The van der Waals surface area contributed by atoms with E-state index in [0.29, 0.717) is 6.04 Å². The Morgan fingerprint density at radius 2 is 1.74 bits per heavy atom. The molecule has 1 aromatic rings. The van der Waals surface area contributed by atoms with Gasteiger partial charge in [-0.05, 0) is 72.0 Å². The minimum atomic E-state index is -0.485. The standard InChI is InChI=1S/C18H29N3O2/c1-18(2,3)23-17(22)19-14-6-8-16(9-7-14)21-12-10-15(11-13-21)20(4)5/h6-9,15H,10-13H2,1-5H3,(H,19,22). The second-order valence-corrected chi connectivity index (χ2v) is 7.36. The Morgan fingerprint density at radius 1 is 1.17 bits per heavy atom. The van der Waals surface area contributed by atoms with Crippen LogP contribution in [0.25, 0.3) is 0 Å². The third kappa shape index (κ3) is 5.43. The number of piperidine rings is 1. The Morgan fingerprint density at radius 3 is 2.22 bits per heavy atom. The molecule has 1 aliphatic rings. The van der Waals surface area contributed by atoms with Crippen molar-refractivity contribution in [3.8, 4) is 0 Å². The van der Waals surface area contributed by atoms with Gasteiger partial charge in [-0.25, -0.2) is 4.79 Å². The van der Waals surface area contributed by atoms with Crippen LogP contribution >= 0.6 is 0 Å². The lowest BCUT2D eigenvalue weighted by Crippen LogP contribution is -2.41. The topological polar surface area (TPSA) is 44.8 Å². The third-order valence-electron chi connectivity index (χ3n) is 4.07. The fraction of sp³-hybridized carbons (Fsp3) is 0.611. The summed E-state index contributed by atoms with van der Waals surface area (Å²) in [6, 6.07) is 8.65. The Bertz CT molecular complexity index is 512. The van der Waals surface area contributed by atoms with Gasteiger partial charge < -0.3 is 14.5 Å². The zero-order valence-electron chi connectivity index (χ0n) is 14.9. The Labute approximate surface area is 139 Å². The van der Waals surface area contributed by atoms with Gasteiger partial charge in [0.25, 0.3) is 0 Å². The summed E-state index contributed by atoms with van der Waals surface area (Å²) in [6.45, 7) is 7.70. The van der Waals surface area contributed by atoms with Gasteiger partial charge in [-0.15, -0.1) is 0 Å². The number of hydrogen-bond acceptors (Lipinski definition) is 4. The summed E-state index contributed by atoms with van der Waals surface area (Å²) in [6.07, 6.45) is 1.95. The summed E-state index contributed by atoms with van der Waals surface area (Å²) in [5.41, 5.74) is 1.48. The van der Waals surface area contributed by atoms with E-state index in [1.165, 1.54) is 18.5 Å². The van der Waals surface area contributed by atoms with E-state index in [-0.39, 0.29) is 0 Å². The van der Waals surface area contributed by atoms with Crippen LogP contribution in [0.4, 0.5) is 16.2 Å². The zero-order valence-corrected chi connectivity index (χ0v) is 14.9. The van der Waals surface area contributed by atoms with Crippen LogP contribution in [0, 0.1) is 0 Å². The number of anilines is 2. The predicted octanol–water partition coefficient (Wildman–Crippen LogP) is 3.56. The molecule has 1 aromatic carbocycles. The van der Waals surface area contributed by atoms with Crippen LogP contribution in [0.3, 0.4) is 0 Å². The van der Waals surface area contributed by atoms with Gasteiger partial charge in [-0.1, -0.05) is 0 Å². The first kappa shape index (κ1) is 17.6. The molecule has 5 heteroatoms. The van der Waals surface area contributed by atoms with Gasteiger partial charge in [0.15, 0.2) is 0 Å². The average molecular weight is 319 g/mol. The molecule has 23 heavy (non-hydrogen) atoms. The van der Waals surface area contributed by atoms with Gasteiger partial charge in [0, 0.05) is 30.5 Å². The molecule has 1 fully saturated rings. The van der Waals surface area contributed by atoms with Crippen molar-refractivity contribution < 1.29 is 9.53 Å².